The van der Waals surface area contributed by atoms with Crippen LogP contribution in [0.5, 0.6) is 5.75 Å². The molecule has 0 bridgehead atoms. The average Bonchev–Trinajstić information content (AvgIpc) is 2.44. The van der Waals surface area contributed by atoms with Gasteiger partial charge in [-0.1, -0.05) is 6.92 Å². The summed E-state index contributed by atoms with van der Waals surface area (Å²) >= 11 is 11.6. The SMILES string of the molecule is CCC(CCl)(CCl)NC(=O)c1ccc(OC(F)(F)F)cc1. The number of ether oxygens (including phenoxy) is 1. The number of carbonyl (C=O) groups excluding carboxylic acids is 1. The Kier molecular flexibility index (Phi) is 6.16. The highest BCUT2D eigenvalue weighted by Gasteiger charge is 2.31. The van der Waals surface area contributed by atoms with Crippen molar-refractivity contribution in [2.24, 2.45) is 0 Å². The summed E-state index contributed by atoms with van der Waals surface area (Å²) in [4.78, 5) is 12.0. The second-order valence-corrected chi connectivity index (χ2v) is 4.96. The van der Waals surface area contributed by atoms with E-state index in [1.165, 1.54) is 12.1 Å². The predicted octanol–water partition coefficient (Wildman–Crippen LogP) is 3.94. The van der Waals surface area contributed by atoms with Gasteiger partial charge in [-0.15, -0.1) is 36.4 Å². The maximum absolute atomic E-state index is 12.0. The Morgan fingerprint density at radius 2 is 1.71 bits per heavy atom. The van der Waals surface area contributed by atoms with Crippen LogP contribution in [0.1, 0.15) is 23.7 Å². The van der Waals surface area contributed by atoms with Crippen LogP contribution >= 0.6 is 23.2 Å². The minimum absolute atomic E-state index is 0.133. The molecule has 0 radical (unpaired) electrons. The normalized spacial score (nSPS) is 12.1. The number of carbonyl (C=O) groups is 1. The van der Waals surface area contributed by atoms with Gasteiger partial charge in [-0.3, -0.25) is 4.79 Å². The molecule has 3 nitrogen and oxygen atoms in total. The molecule has 1 aromatic rings. The maximum Gasteiger partial charge on any atom is 0.573 e. The summed E-state index contributed by atoms with van der Waals surface area (Å²) in [6, 6.07) is 4.60. The van der Waals surface area contributed by atoms with Crippen molar-refractivity contribution in [3.8, 4) is 5.75 Å². The molecule has 21 heavy (non-hydrogen) atoms. The van der Waals surface area contributed by atoms with Gasteiger partial charge >= 0.3 is 6.36 Å². The molecule has 1 amide bonds. The van der Waals surface area contributed by atoms with E-state index in [0.29, 0.717) is 6.42 Å². The topological polar surface area (TPSA) is 38.3 Å². The van der Waals surface area contributed by atoms with Crippen LogP contribution in [0, 0.1) is 0 Å². The van der Waals surface area contributed by atoms with Gasteiger partial charge in [-0.25, -0.2) is 0 Å². The zero-order chi connectivity index (χ0) is 16.1. The molecule has 0 spiro atoms. The summed E-state index contributed by atoms with van der Waals surface area (Å²) in [5, 5.41) is 2.70. The van der Waals surface area contributed by atoms with Crippen molar-refractivity contribution < 1.29 is 22.7 Å². The molecule has 0 saturated heterocycles. The molecule has 118 valence electrons. The maximum atomic E-state index is 12.0. The molecule has 0 aliphatic heterocycles. The third-order valence-corrected chi connectivity index (χ3v) is 3.94. The van der Waals surface area contributed by atoms with E-state index in [0.717, 1.165) is 12.1 Å². The fourth-order valence-corrected chi connectivity index (χ4v) is 2.30. The van der Waals surface area contributed by atoms with E-state index < -0.39 is 23.6 Å². The molecule has 8 heteroatoms. The van der Waals surface area contributed by atoms with E-state index in [2.05, 4.69) is 10.1 Å². The molecular weight excluding hydrogens is 330 g/mol. The number of nitrogens with one attached hydrogen (secondary N) is 1. The van der Waals surface area contributed by atoms with E-state index in [1.807, 2.05) is 6.92 Å². The van der Waals surface area contributed by atoms with Crippen LogP contribution in [-0.2, 0) is 0 Å². The Morgan fingerprint density at radius 1 is 1.19 bits per heavy atom. The summed E-state index contributed by atoms with van der Waals surface area (Å²) in [6.45, 7) is 1.82. The minimum Gasteiger partial charge on any atom is -0.406 e. The molecule has 0 aliphatic rings. The molecule has 0 atom stereocenters. The second-order valence-electron chi connectivity index (χ2n) is 4.43. The minimum atomic E-state index is -4.77. The standard InChI is InChI=1S/C13H14Cl2F3NO2/c1-2-12(7-14,8-15)19-11(20)9-3-5-10(6-4-9)21-13(16,17)18/h3-6H,2,7-8H2,1H3,(H,19,20). The Bertz CT molecular complexity index is 465. The smallest absolute Gasteiger partial charge is 0.406 e. The molecule has 0 heterocycles. The fraction of sp³-hybridized carbons (Fsp3) is 0.462. The van der Waals surface area contributed by atoms with E-state index in [9.17, 15) is 18.0 Å². The summed E-state index contributed by atoms with van der Waals surface area (Å²) < 4.78 is 39.8. The van der Waals surface area contributed by atoms with Gasteiger partial charge in [-0.05, 0) is 30.7 Å². The lowest BCUT2D eigenvalue weighted by molar-refractivity contribution is -0.274. The first-order valence-electron chi connectivity index (χ1n) is 6.05. The van der Waals surface area contributed by atoms with Crippen LogP contribution in [0.15, 0.2) is 24.3 Å². The second kappa shape index (κ2) is 7.22. The zero-order valence-electron chi connectivity index (χ0n) is 11.1. The Morgan fingerprint density at radius 3 is 2.10 bits per heavy atom. The Labute approximate surface area is 130 Å². The number of hydrogen-bond acceptors (Lipinski definition) is 2. The number of alkyl halides is 5. The first-order valence-corrected chi connectivity index (χ1v) is 7.12. The van der Waals surface area contributed by atoms with Crippen molar-refractivity contribution in [3.05, 3.63) is 29.8 Å². The summed E-state index contributed by atoms with van der Waals surface area (Å²) in [5.74, 6) is -0.589. The molecule has 1 rings (SSSR count). The van der Waals surface area contributed by atoms with E-state index in [1.54, 1.807) is 0 Å². The summed E-state index contributed by atoms with van der Waals surface area (Å²) in [5.41, 5.74) is -0.556. The van der Waals surface area contributed by atoms with Crippen molar-refractivity contribution in [1.82, 2.24) is 5.32 Å². The van der Waals surface area contributed by atoms with Crippen LogP contribution in [0.3, 0.4) is 0 Å². The predicted molar refractivity (Wildman–Crippen MR) is 75.1 cm³/mol. The van der Waals surface area contributed by atoms with Gasteiger partial charge in [-0.2, -0.15) is 0 Å². The Hall–Kier alpha value is -1.14. The molecule has 0 unspecified atom stereocenters. The number of benzene rings is 1. The van der Waals surface area contributed by atoms with Crippen molar-refractivity contribution in [2.45, 2.75) is 25.2 Å². The molecule has 0 saturated carbocycles. The number of amides is 1. The highest BCUT2D eigenvalue weighted by Crippen LogP contribution is 2.23. The van der Waals surface area contributed by atoms with Gasteiger partial charge < -0.3 is 10.1 Å². The highest BCUT2D eigenvalue weighted by molar-refractivity contribution is 6.22. The summed E-state index contributed by atoms with van der Waals surface area (Å²) in [6.07, 6.45) is -4.24. The van der Waals surface area contributed by atoms with Gasteiger partial charge in [0.15, 0.2) is 0 Å². The van der Waals surface area contributed by atoms with Gasteiger partial charge in [0, 0.05) is 17.3 Å². The Balaban J connectivity index is 2.80. The number of hydrogen-bond donors (Lipinski definition) is 1. The summed E-state index contributed by atoms with van der Waals surface area (Å²) in [7, 11) is 0. The lowest BCUT2D eigenvalue weighted by atomic mass is 10.0. The molecule has 0 fully saturated rings. The largest absolute Gasteiger partial charge is 0.573 e. The monoisotopic (exact) mass is 343 g/mol. The fourth-order valence-electron chi connectivity index (χ4n) is 1.50. The van der Waals surface area contributed by atoms with Crippen LogP contribution in [0.4, 0.5) is 13.2 Å². The van der Waals surface area contributed by atoms with Crippen LogP contribution < -0.4 is 10.1 Å². The first kappa shape index (κ1) is 17.9. The highest BCUT2D eigenvalue weighted by atomic mass is 35.5. The molecule has 1 N–H and O–H groups in total. The van der Waals surface area contributed by atoms with Crippen molar-refractivity contribution >= 4 is 29.1 Å². The number of halogens is 5. The van der Waals surface area contributed by atoms with E-state index in [-0.39, 0.29) is 17.3 Å². The molecule has 0 aliphatic carbocycles. The quantitative estimate of drug-likeness (QED) is 0.794. The lowest BCUT2D eigenvalue weighted by Crippen LogP contribution is -2.51. The van der Waals surface area contributed by atoms with Crippen molar-refractivity contribution in [2.75, 3.05) is 11.8 Å². The van der Waals surface area contributed by atoms with Crippen LogP contribution in [0.25, 0.3) is 0 Å². The molecule has 1 aromatic carbocycles. The van der Waals surface area contributed by atoms with Crippen LogP contribution in [-0.4, -0.2) is 29.6 Å². The molecule has 0 aromatic heterocycles. The third kappa shape index (κ3) is 5.28. The third-order valence-electron chi connectivity index (χ3n) is 2.92. The average molecular weight is 344 g/mol. The van der Waals surface area contributed by atoms with Crippen LogP contribution in [0.2, 0.25) is 0 Å². The van der Waals surface area contributed by atoms with Gasteiger partial charge in [0.2, 0.25) is 0 Å². The lowest BCUT2D eigenvalue weighted by Gasteiger charge is -2.29. The van der Waals surface area contributed by atoms with Gasteiger partial charge in [0.05, 0.1) is 5.54 Å². The zero-order valence-corrected chi connectivity index (χ0v) is 12.6. The van der Waals surface area contributed by atoms with Gasteiger partial charge in [0.25, 0.3) is 5.91 Å². The van der Waals surface area contributed by atoms with E-state index >= 15 is 0 Å². The molecular formula is C13H14Cl2F3NO2. The number of rotatable bonds is 6. The van der Waals surface area contributed by atoms with Gasteiger partial charge in [0.1, 0.15) is 5.75 Å². The van der Waals surface area contributed by atoms with Crippen molar-refractivity contribution in [3.63, 3.8) is 0 Å². The van der Waals surface area contributed by atoms with E-state index in [4.69, 9.17) is 23.2 Å². The first-order chi connectivity index (χ1) is 9.75. The van der Waals surface area contributed by atoms with Crippen molar-refractivity contribution in [1.29, 1.82) is 0 Å².